The lowest BCUT2D eigenvalue weighted by Crippen LogP contribution is -2.41. The van der Waals surface area contributed by atoms with E-state index in [0.717, 1.165) is 12.8 Å². The smallest absolute Gasteiger partial charge is 0.317 e. The average molecular weight is 214 g/mol. The maximum absolute atomic E-state index is 10.7. The van der Waals surface area contributed by atoms with Crippen LogP contribution < -0.4 is 5.73 Å². The number of nitrogens with two attached hydrogens (primary N) is 1. The van der Waals surface area contributed by atoms with Crippen molar-refractivity contribution in [3.8, 4) is 0 Å². The molecule has 0 saturated heterocycles. The van der Waals surface area contributed by atoms with Crippen LogP contribution in [0.15, 0.2) is 0 Å². The van der Waals surface area contributed by atoms with Gasteiger partial charge in [0.2, 0.25) is 0 Å². The Labute approximate surface area is 91.4 Å². The Bertz CT molecular complexity index is 189. The largest absolute Gasteiger partial charge is 0.480 e. The van der Waals surface area contributed by atoms with Crippen molar-refractivity contribution in [1.29, 1.82) is 0 Å². The van der Waals surface area contributed by atoms with Crippen LogP contribution in [0.5, 0.6) is 0 Å². The molecular formula is C11H22N2O2. The number of carboxylic acid groups (broad SMARTS) is 1. The molecule has 0 aliphatic heterocycles. The van der Waals surface area contributed by atoms with Crippen molar-refractivity contribution in [3.63, 3.8) is 0 Å². The zero-order valence-corrected chi connectivity index (χ0v) is 9.32. The molecule has 0 aromatic heterocycles. The Morgan fingerprint density at radius 1 is 1.27 bits per heavy atom. The van der Waals surface area contributed by atoms with E-state index in [-0.39, 0.29) is 6.54 Å². The molecule has 88 valence electrons. The number of aliphatic carboxylic acids is 1. The second kappa shape index (κ2) is 6.80. The number of hydrogen-bond acceptors (Lipinski definition) is 3. The number of rotatable bonds is 5. The summed E-state index contributed by atoms with van der Waals surface area (Å²) < 4.78 is 0. The van der Waals surface area contributed by atoms with Gasteiger partial charge in [-0.3, -0.25) is 9.69 Å². The van der Waals surface area contributed by atoms with Crippen LogP contribution in [0.4, 0.5) is 0 Å². The first kappa shape index (κ1) is 12.5. The maximum atomic E-state index is 10.7. The molecule has 0 radical (unpaired) electrons. The van der Waals surface area contributed by atoms with Gasteiger partial charge >= 0.3 is 5.97 Å². The van der Waals surface area contributed by atoms with E-state index in [9.17, 15) is 4.79 Å². The molecule has 15 heavy (non-hydrogen) atoms. The molecule has 0 aromatic carbocycles. The summed E-state index contributed by atoms with van der Waals surface area (Å²) >= 11 is 0. The minimum absolute atomic E-state index is 0.141. The summed E-state index contributed by atoms with van der Waals surface area (Å²) in [6.07, 6.45) is 7.30. The van der Waals surface area contributed by atoms with Crippen LogP contribution in [0.2, 0.25) is 0 Å². The third-order valence-electron chi connectivity index (χ3n) is 3.10. The van der Waals surface area contributed by atoms with Crippen LogP contribution in [-0.4, -0.2) is 41.7 Å². The molecule has 1 aliphatic rings. The number of carboxylic acids is 1. The van der Waals surface area contributed by atoms with Gasteiger partial charge in [0.15, 0.2) is 0 Å². The zero-order chi connectivity index (χ0) is 11.1. The molecule has 0 unspecified atom stereocenters. The molecule has 0 amide bonds. The topological polar surface area (TPSA) is 66.6 Å². The number of hydrogen-bond donors (Lipinski definition) is 2. The van der Waals surface area contributed by atoms with Crippen molar-refractivity contribution in [1.82, 2.24) is 4.90 Å². The summed E-state index contributed by atoms with van der Waals surface area (Å²) in [4.78, 5) is 12.8. The second-order valence-corrected chi connectivity index (χ2v) is 4.30. The lowest BCUT2D eigenvalue weighted by molar-refractivity contribution is -0.139. The Balaban J connectivity index is 2.47. The van der Waals surface area contributed by atoms with E-state index in [1.807, 2.05) is 4.90 Å². The van der Waals surface area contributed by atoms with Crippen molar-refractivity contribution in [3.05, 3.63) is 0 Å². The summed E-state index contributed by atoms with van der Waals surface area (Å²) in [5, 5.41) is 8.83. The molecule has 1 aliphatic carbocycles. The SMILES string of the molecule is NCCN(CC(=O)O)C1CCCCCC1. The highest BCUT2D eigenvalue weighted by Gasteiger charge is 2.21. The fourth-order valence-corrected chi connectivity index (χ4v) is 2.35. The molecule has 1 fully saturated rings. The number of carbonyl (C=O) groups is 1. The first-order chi connectivity index (χ1) is 7.24. The van der Waals surface area contributed by atoms with Crippen molar-refractivity contribution < 1.29 is 9.90 Å². The summed E-state index contributed by atoms with van der Waals surface area (Å²) in [7, 11) is 0. The number of nitrogens with zero attached hydrogens (tertiary/aromatic N) is 1. The van der Waals surface area contributed by atoms with Crippen molar-refractivity contribution in [2.75, 3.05) is 19.6 Å². The van der Waals surface area contributed by atoms with Crippen LogP contribution in [0.3, 0.4) is 0 Å². The van der Waals surface area contributed by atoms with Gasteiger partial charge in [-0.1, -0.05) is 25.7 Å². The summed E-state index contributed by atoms with van der Waals surface area (Å²) in [6, 6.07) is 0.437. The van der Waals surface area contributed by atoms with Gasteiger partial charge in [-0.05, 0) is 12.8 Å². The van der Waals surface area contributed by atoms with E-state index in [1.54, 1.807) is 0 Å². The zero-order valence-electron chi connectivity index (χ0n) is 9.32. The molecule has 1 rings (SSSR count). The van der Waals surface area contributed by atoms with E-state index in [2.05, 4.69) is 0 Å². The predicted molar refractivity (Wildman–Crippen MR) is 59.8 cm³/mol. The average Bonchev–Trinajstić information content (AvgIpc) is 2.44. The first-order valence-corrected chi connectivity index (χ1v) is 5.90. The third kappa shape index (κ3) is 4.62. The lowest BCUT2D eigenvalue weighted by atomic mass is 10.1. The minimum Gasteiger partial charge on any atom is -0.480 e. The van der Waals surface area contributed by atoms with E-state index in [1.165, 1.54) is 25.7 Å². The first-order valence-electron chi connectivity index (χ1n) is 5.90. The third-order valence-corrected chi connectivity index (χ3v) is 3.10. The van der Waals surface area contributed by atoms with Gasteiger partial charge in [0.05, 0.1) is 6.54 Å². The van der Waals surface area contributed by atoms with Gasteiger partial charge in [0.1, 0.15) is 0 Å². The predicted octanol–water partition coefficient (Wildman–Crippen LogP) is 1.05. The lowest BCUT2D eigenvalue weighted by Gasteiger charge is -2.29. The van der Waals surface area contributed by atoms with Crippen LogP contribution in [-0.2, 0) is 4.79 Å². The van der Waals surface area contributed by atoms with Crippen LogP contribution in [0.1, 0.15) is 38.5 Å². The van der Waals surface area contributed by atoms with Gasteiger partial charge in [-0.25, -0.2) is 0 Å². The Morgan fingerprint density at radius 3 is 2.33 bits per heavy atom. The fraction of sp³-hybridized carbons (Fsp3) is 0.909. The van der Waals surface area contributed by atoms with E-state index in [0.29, 0.717) is 19.1 Å². The minimum atomic E-state index is -0.743. The molecule has 0 spiro atoms. The molecule has 1 saturated carbocycles. The van der Waals surface area contributed by atoms with Gasteiger partial charge in [0, 0.05) is 19.1 Å². The monoisotopic (exact) mass is 214 g/mol. The van der Waals surface area contributed by atoms with E-state index < -0.39 is 5.97 Å². The van der Waals surface area contributed by atoms with Crippen LogP contribution in [0, 0.1) is 0 Å². The van der Waals surface area contributed by atoms with Crippen LogP contribution >= 0.6 is 0 Å². The van der Waals surface area contributed by atoms with Crippen molar-refractivity contribution in [2.45, 2.75) is 44.6 Å². The summed E-state index contributed by atoms with van der Waals surface area (Å²) in [6.45, 7) is 1.39. The second-order valence-electron chi connectivity index (χ2n) is 4.30. The highest BCUT2D eigenvalue weighted by molar-refractivity contribution is 5.69. The molecule has 4 nitrogen and oxygen atoms in total. The Kier molecular flexibility index (Phi) is 5.65. The quantitative estimate of drug-likeness (QED) is 0.671. The highest BCUT2D eigenvalue weighted by Crippen LogP contribution is 2.21. The van der Waals surface area contributed by atoms with Crippen molar-refractivity contribution >= 4 is 5.97 Å². The maximum Gasteiger partial charge on any atom is 0.317 e. The molecule has 4 heteroatoms. The summed E-state index contributed by atoms with van der Waals surface area (Å²) in [5.41, 5.74) is 5.52. The van der Waals surface area contributed by atoms with Gasteiger partial charge < -0.3 is 10.8 Å². The van der Waals surface area contributed by atoms with E-state index in [4.69, 9.17) is 10.8 Å². The normalized spacial score (nSPS) is 19.1. The Morgan fingerprint density at radius 2 is 1.87 bits per heavy atom. The van der Waals surface area contributed by atoms with Gasteiger partial charge in [-0.15, -0.1) is 0 Å². The highest BCUT2D eigenvalue weighted by atomic mass is 16.4. The van der Waals surface area contributed by atoms with Gasteiger partial charge in [-0.2, -0.15) is 0 Å². The molecule has 0 atom stereocenters. The fourth-order valence-electron chi connectivity index (χ4n) is 2.35. The Hall–Kier alpha value is -0.610. The van der Waals surface area contributed by atoms with Crippen molar-refractivity contribution in [2.24, 2.45) is 5.73 Å². The molecule has 0 aromatic rings. The van der Waals surface area contributed by atoms with Crippen LogP contribution in [0.25, 0.3) is 0 Å². The standard InChI is InChI=1S/C11H22N2O2/c12-7-8-13(9-11(14)15)10-5-3-1-2-4-6-10/h10H,1-9,12H2,(H,14,15). The summed E-state index contributed by atoms with van der Waals surface area (Å²) in [5.74, 6) is -0.743. The van der Waals surface area contributed by atoms with Gasteiger partial charge in [0.25, 0.3) is 0 Å². The molecule has 3 N–H and O–H groups in total. The van der Waals surface area contributed by atoms with E-state index >= 15 is 0 Å². The molecular weight excluding hydrogens is 192 g/mol. The molecule has 0 heterocycles. The molecule has 0 bridgehead atoms.